The van der Waals surface area contributed by atoms with E-state index >= 15 is 0 Å². The average molecular weight is 723 g/mol. The number of rotatable bonds is 8. The van der Waals surface area contributed by atoms with Gasteiger partial charge in [-0.15, -0.1) is 0 Å². The van der Waals surface area contributed by atoms with Crippen LogP contribution in [-0.4, -0.2) is 52.1 Å². The Labute approximate surface area is 283 Å². The number of nitrogens with zero attached hydrogens (tertiary/aromatic N) is 2. The van der Waals surface area contributed by atoms with E-state index in [1.54, 1.807) is 0 Å². The topological polar surface area (TPSA) is 110 Å². The number of hydrogen-bond acceptors (Lipinski definition) is 8. The van der Waals surface area contributed by atoms with E-state index in [1.807, 2.05) is 0 Å². The van der Waals surface area contributed by atoms with Crippen molar-refractivity contribution >= 4 is 58.0 Å². The molecule has 3 aliphatic rings. The molecule has 6 rings (SSSR count). The van der Waals surface area contributed by atoms with Crippen molar-refractivity contribution in [3.63, 3.8) is 0 Å². The summed E-state index contributed by atoms with van der Waals surface area (Å²) in [7, 11) is 1.46. The summed E-state index contributed by atoms with van der Waals surface area (Å²) in [6, 6.07) is 7.23. The lowest BCUT2D eigenvalue weighted by Gasteiger charge is -2.34. The van der Waals surface area contributed by atoms with Gasteiger partial charge in [-0.3, -0.25) is 9.36 Å². The fourth-order valence-electron chi connectivity index (χ4n) is 6.23. The Hall–Kier alpha value is -1.83. The highest BCUT2D eigenvalue weighted by Gasteiger charge is 2.58. The molecule has 0 amide bonds. The zero-order valence-electron chi connectivity index (χ0n) is 23.9. The summed E-state index contributed by atoms with van der Waals surface area (Å²) < 4.78 is 32.4. The molecule has 5 atom stereocenters. The van der Waals surface area contributed by atoms with E-state index in [4.69, 9.17) is 81.7 Å². The fraction of sp³-hybridized carbons (Fsp3) is 0.467. The molecule has 1 aromatic heterocycles. The van der Waals surface area contributed by atoms with Gasteiger partial charge in [0.1, 0.15) is 36.9 Å². The molecule has 2 aromatic carbocycles. The van der Waals surface area contributed by atoms with Crippen LogP contribution in [0.1, 0.15) is 55.6 Å². The standard InChI is InChI=1S/C30H29Cl5N2O8/c1-41-16-11-19(34)24(20(35)12-16)26(23-17(32)9-15(31)10-18(23)33)42-14-37-22(39)5-8-36(29(37)40)28-27-25(21(13-38)43-28)44-30(45-27)6-3-2-4-7-30/h5,8-12,21,25-28,38H,2-4,6-7,13-14H2,1H3/t21-,25-,26+,27-,28-/m1/s1. The highest BCUT2D eigenvalue weighted by Crippen LogP contribution is 2.48. The van der Waals surface area contributed by atoms with Crippen molar-refractivity contribution in [2.24, 2.45) is 0 Å². The summed E-state index contributed by atoms with van der Waals surface area (Å²) in [4.78, 5) is 27.0. The molecule has 3 aromatic rings. The number of methoxy groups -OCH3 is 1. The smallest absolute Gasteiger partial charge is 0.335 e. The van der Waals surface area contributed by atoms with E-state index in [0.29, 0.717) is 18.6 Å². The first-order valence-corrected chi connectivity index (χ1v) is 16.2. The number of ether oxygens (including phenoxy) is 5. The largest absolute Gasteiger partial charge is 0.497 e. The van der Waals surface area contributed by atoms with Crippen LogP contribution < -0.4 is 16.0 Å². The molecule has 1 saturated carbocycles. The minimum absolute atomic E-state index is 0.147. The third kappa shape index (κ3) is 6.27. The second-order valence-electron chi connectivity index (χ2n) is 11.1. The number of hydrogen-bond donors (Lipinski definition) is 1. The Morgan fingerprint density at radius 2 is 1.53 bits per heavy atom. The maximum absolute atomic E-state index is 13.9. The molecule has 0 unspecified atom stereocenters. The Morgan fingerprint density at radius 1 is 0.933 bits per heavy atom. The van der Waals surface area contributed by atoms with Crippen molar-refractivity contribution in [2.45, 2.75) is 75.3 Å². The second kappa shape index (κ2) is 13.4. The molecule has 45 heavy (non-hydrogen) atoms. The molecule has 15 heteroatoms. The van der Waals surface area contributed by atoms with Gasteiger partial charge in [0, 0.05) is 51.3 Å². The van der Waals surface area contributed by atoms with E-state index in [0.717, 1.165) is 23.8 Å². The van der Waals surface area contributed by atoms with Gasteiger partial charge in [0.2, 0.25) is 0 Å². The molecule has 0 bridgehead atoms. The lowest BCUT2D eigenvalue weighted by atomic mass is 9.94. The van der Waals surface area contributed by atoms with E-state index in [1.165, 1.54) is 48.2 Å². The molecular formula is C30H29Cl5N2O8. The Morgan fingerprint density at radius 3 is 2.13 bits per heavy atom. The lowest BCUT2D eigenvalue weighted by Crippen LogP contribution is -2.44. The maximum atomic E-state index is 13.9. The monoisotopic (exact) mass is 720 g/mol. The van der Waals surface area contributed by atoms with Crippen molar-refractivity contribution in [1.82, 2.24) is 9.13 Å². The average Bonchev–Trinajstić information content (AvgIpc) is 3.51. The van der Waals surface area contributed by atoms with Gasteiger partial charge in [0.25, 0.3) is 5.56 Å². The highest BCUT2D eigenvalue weighted by atomic mass is 35.5. The summed E-state index contributed by atoms with van der Waals surface area (Å²) in [6.07, 6.45) is 1.64. The van der Waals surface area contributed by atoms with Crippen molar-refractivity contribution in [1.29, 1.82) is 0 Å². The summed E-state index contributed by atoms with van der Waals surface area (Å²) in [5.74, 6) is -0.391. The van der Waals surface area contributed by atoms with Crippen LogP contribution in [0, 0.1) is 0 Å². The molecule has 1 N–H and O–H groups in total. The zero-order valence-corrected chi connectivity index (χ0v) is 27.7. The normalized spacial score (nSPS) is 24.6. The molecule has 1 spiro atoms. The van der Waals surface area contributed by atoms with E-state index < -0.39 is 54.4 Å². The lowest BCUT2D eigenvalue weighted by molar-refractivity contribution is -0.233. The fourth-order valence-corrected chi connectivity index (χ4v) is 7.91. The number of aliphatic hydroxyl groups is 1. The Balaban J connectivity index is 1.36. The van der Waals surface area contributed by atoms with Gasteiger partial charge in [0.05, 0.1) is 23.8 Å². The maximum Gasteiger partial charge on any atom is 0.335 e. The van der Waals surface area contributed by atoms with Crippen molar-refractivity contribution in [2.75, 3.05) is 13.7 Å². The first kappa shape index (κ1) is 33.1. The number of aromatic nitrogens is 2. The summed E-state index contributed by atoms with van der Waals surface area (Å²) in [6.45, 7) is -0.884. The predicted molar refractivity (Wildman–Crippen MR) is 169 cm³/mol. The summed E-state index contributed by atoms with van der Waals surface area (Å²) in [5.41, 5.74) is -0.840. The predicted octanol–water partition coefficient (Wildman–Crippen LogP) is 6.38. The number of aliphatic hydroxyl groups excluding tert-OH is 1. The minimum Gasteiger partial charge on any atom is -0.497 e. The molecule has 3 heterocycles. The van der Waals surface area contributed by atoms with Crippen molar-refractivity contribution in [3.05, 3.63) is 93.6 Å². The van der Waals surface area contributed by atoms with E-state index in [2.05, 4.69) is 0 Å². The highest BCUT2D eigenvalue weighted by molar-refractivity contribution is 6.40. The molecular weight excluding hydrogens is 694 g/mol. The number of halogens is 5. The van der Waals surface area contributed by atoms with E-state index in [9.17, 15) is 14.7 Å². The number of benzene rings is 2. The first-order chi connectivity index (χ1) is 21.6. The van der Waals surface area contributed by atoms with Gasteiger partial charge >= 0.3 is 5.69 Å². The van der Waals surface area contributed by atoms with Crippen LogP contribution in [-0.2, 0) is 25.7 Å². The van der Waals surface area contributed by atoms with Crippen LogP contribution in [0.4, 0.5) is 0 Å². The van der Waals surface area contributed by atoms with Gasteiger partial charge in [-0.25, -0.2) is 9.36 Å². The van der Waals surface area contributed by atoms with Gasteiger partial charge in [-0.1, -0.05) is 64.4 Å². The number of fused-ring (bicyclic) bond motifs is 1. The van der Waals surface area contributed by atoms with Crippen LogP contribution in [0.2, 0.25) is 25.1 Å². The molecule has 242 valence electrons. The SMILES string of the molecule is COc1cc(Cl)c([C@@H](OCn2c(=O)ccn([C@@H]3O[C@H](CO)[C@H]4OC5(CCCCC5)O[C@H]43)c2=O)c2c(Cl)cc(Cl)cc2Cl)c(Cl)c1. The van der Waals surface area contributed by atoms with Crippen LogP contribution in [0.15, 0.2) is 46.1 Å². The molecule has 2 aliphatic heterocycles. The van der Waals surface area contributed by atoms with Crippen LogP contribution >= 0.6 is 58.0 Å². The first-order valence-electron chi connectivity index (χ1n) is 14.3. The Bertz CT molecular complexity index is 1660. The van der Waals surface area contributed by atoms with E-state index in [-0.39, 0.29) is 42.8 Å². The van der Waals surface area contributed by atoms with Crippen LogP contribution in [0.3, 0.4) is 0 Å². The summed E-state index contributed by atoms with van der Waals surface area (Å²) in [5, 5.41) is 11.0. The van der Waals surface area contributed by atoms with Crippen molar-refractivity contribution in [3.8, 4) is 5.75 Å². The second-order valence-corrected chi connectivity index (χ2v) is 13.2. The van der Waals surface area contributed by atoms with Gasteiger partial charge in [0.15, 0.2) is 12.0 Å². The van der Waals surface area contributed by atoms with Crippen LogP contribution in [0.5, 0.6) is 5.75 Å². The minimum atomic E-state index is -1.14. The van der Waals surface area contributed by atoms with Crippen LogP contribution in [0.25, 0.3) is 0 Å². The molecule has 0 radical (unpaired) electrons. The molecule has 10 nitrogen and oxygen atoms in total. The van der Waals surface area contributed by atoms with Gasteiger partial charge < -0.3 is 28.8 Å². The van der Waals surface area contributed by atoms with Gasteiger partial charge in [-0.05, 0) is 37.1 Å². The molecule has 2 saturated heterocycles. The quantitative estimate of drug-likeness (QED) is 0.285. The molecule has 1 aliphatic carbocycles. The van der Waals surface area contributed by atoms with Crippen molar-refractivity contribution < 1.29 is 28.8 Å². The third-order valence-corrected chi connectivity index (χ3v) is 9.85. The third-order valence-electron chi connectivity index (χ3n) is 8.38. The van der Waals surface area contributed by atoms with Gasteiger partial charge in [-0.2, -0.15) is 0 Å². The summed E-state index contributed by atoms with van der Waals surface area (Å²) >= 11 is 32.6. The zero-order chi connectivity index (χ0) is 32.0. The molecule has 3 fully saturated rings. The Kier molecular flexibility index (Phi) is 9.82.